The molecule has 1 heterocycles. The van der Waals surface area contributed by atoms with Crippen LogP contribution in [-0.2, 0) is 14.3 Å². The molecule has 1 saturated heterocycles. The number of hydrogen-bond acceptors (Lipinski definition) is 6. The molecule has 2 aromatic rings. The van der Waals surface area contributed by atoms with Gasteiger partial charge in [-0.15, -0.1) is 0 Å². The van der Waals surface area contributed by atoms with E-state index in [2.05, 4.69) is 0 Å². The van der Waals surface area contributed by atoms with Crippen molar-refractivity contribution in [2.75, 3.05) is 27.4 Å². The Kier molecular flexibility index (Phi) is 6.65. The molecule has 1 unspecified atom stereocenters. The molecular weight excluding hydrogens is 398 g/mol. The zero-order valence-electron chi connectivity index (χ0n) is 18.1. The Morgan fingerprint density at radius 3 is 2.35 bits per heavy atom. The van der Waals surface area contributed by atoms with Crippen molar-refractivity contribution in [3.63, 3.8) is 0 Å². The Morgan fingerprint density at radius 2 is 1.77 bits per heavy atom. The third kappa shape index (κ3) is 4.27. The monoisotopic (exact) mass is 425 g/mol. The van der Waals surface area contributed by atoms with Crippen molar-refractivity contribution in [3.05, 3.63) is 64.7 Å². The third-order valence-corrected chi connectivity index (χ3v) is 5.41. The van der Waals surface area contributed by atoms with Crippen molar-refractivity contribution in [2.24, 2.45) is 0 Å². The van der Waals surface area contributed by atoms with E-state index in [1.165, 1.54) is 24.1 Å². The lowest BCUT2D eigenvalue weighted by Crippen LogP contribution is -2.32. The molecule has 1 aliphatic rings. The van der Waals surface area contributed by atoms with Gasteiger partial charge in [0.15, 0.2) is 0 Å². The van der Waals surface area contributed by atoms with Crippen LogP contribution in [0.1, 0.15) is 42.5 Å². The van der Waals surface area contributed by atoms with Gasteiger partial charge in [0, 0.05) is 19.2 Å². The fourth-order valence-corrected chi connectivity index (χ4v) is 3.79. The number of hydrogen-bond donors (Lipinski definition) is 2. The Balaban J connectivity index is 2.18. The van der Waals surface area contributed by atoms with Gasteiger partial charge in [-0.1, -0.05) is 26.0 Å². The number of phenols is 1. The minimum Gasteiger partial charge on any atom is -0.508 e. The number of carbonyl (C=O) groups is 2. The zero-order valence-corrected chi connectivity index (χ0v) is 18.1. The van der Waals surface area contributed by atoms with Gasteiger partial charge in [-0.25, -0.2) is 0 Å². The Hall–Kier alpha value is -3.32. The average molecular weight is 425 g/mol. The van der Waals surface area contributed by atoms with E-state index in [0.717, 1.165) is 5.56 Å². The van der Waals surface area contributed by atoms with Crippen LogP contribution in [-0.4, -0.2) is 54.2 Å². The van der Waals surface area contributed by atoms with E-state index in [9.17, 15) is 19.8 Å². The molecule has 7 heteroatoms. The number of amides is 1. The number of aromatic hydroxyl groups is 1. The van der Waals surface area contributed by atoms with Crippen molar-refractivity contribution < 1.29 is 29.3 Å². The third-order valence-electron chi connectivity index (χ3n) is 5.41. The maximum absolute atomic E-state index is 13.0. The van der Waals surface area contributed by atoms with Gasteiger partial charge in [-0.3, -0.25) is 9.59 Å². The Labute approximate surface area is 181 Å². The van der Waals surface area contributed by atoms with E-state index < -0.39 is 17.7 Å². The molecule has 1 fully saturated rings. The molecule has 0 spiro atoms. The summed E-state index contributed by atoms with van der Waals surface area (Å²) in [6, 6.07) is 10.6. The maximum atomic E-state index is 13.0. The predicted molar refractivity (Wildman–Crippen MR) is 116 cm³/mol. The average Bonchev–Trinajstić information content (AvgIpc) is 3.01. The van der Waals surface area contributed by atoms with Crippen LogP contribution in [0.25, 0.3) is 5.76 Å². The van der Waals surface area contributed by atoms with Crippen LogP contribution in [0, 0.1) is 0 Å². The minimum atomic E-state index is -0.791. The first-order valence-electron chi connectivity index (χ1n) is 10.0. The normalized spacial score (nSPS) is 18.1. The highest BCUT2D eigenvalue weighted by Gasteiger charge is 2.45. The highest BCUT2D eigenvalue weighted by molar-refractivity contribution is 6.46. The summed E-state index contributed by atoms with van der Waals surface area (Å²) in [6.07, 6.45) is 0. The van der Waals surface area contributed by atoms with Gasteiger partial charge >= 0.3 is 0 Å². The molecule has 0 aromatic heterocycles. The lowest BCUT2D eigenvalue weighted by molar-refractivity contribution is -0.140. The summed E-state index contributed by atoms with van der Waals surface area (Å²) in [6.45, 7) is 4.43. The molecule has 1 amide bonds. The molecule has 2 N–H and O–H groups in total. The summed E-state index contributed by atoms with van der Waals surface area (Å²) in [5.74, 6) is -0.833. The smallest absolute Gasteiger partial charge is 0.295 e. The van der Waals surface area contributed by atoms with E-state index in [4.69, 9.17) is 9.47 Å². The predicted octanol–water partition coefficient (Wildman–Crippen LogP) is 3.59. The number of rotatable bonds is 7. The van der Waals surface area contributed by atoms with Crippen LogP contribution in [0.15, 0.2) is 48.0 Å². The minimum absolute atomic E-state index is 0.00617. The number of ether oxygens (including phenoxy) is 2. The lowest BCUT2D eigenvalue weighted by Gasteiger charge is -2.25. The first-order chi connectivity index (χ1) is 14.8. The quantitative estimate of drug-likeness (QED) is 0.400. The second kappa shape index (κ2) is 9.22. The van der Waals surface area contributed by atoms with Gasteiger partial charge in [0.25, 0.3) is 11.7 Å². The summed E-state index contributed by atoms with van der Waals surface area (Å²) in [7, 11) is 3.09. The number of nitrogens with zero attached hydrogens (tertiary/aromatic N) is 1. The highest BCUT2D eigenvalue weighted by Crippen LogP contribution is 2.40. The number of methoxy groups -OCH3 is 2. The number of carbonyl (C=O) groups excluding carboxylic acids is 2. The SMILES string of the molecule is COCCN1C(=O)C(=O)/C(=C(\O)c2ccc(OC)c(C(C)C)c2)C1c1ccc(O)cc1. The number of phenolic OH excluding ortho intramolecular Hbond substituents is 1. The van der Waals surface area contributed by atoms with Crippen LogP contribution in [0.3, 0.4) is 0 Å². The van der Waals surface area contributed by atoms with Crippen LogP contribution in [0.5, 0.6) is 11.5 Å². The molecule has 2 aromatic carbocycles. The number of likely N-dealkylation sites (tertiary alicyclic amines) is 1. The lowest BCUT2D eigenvalue weighted by atomic mass is 9.93. The van der Waals surface area contributed by atoms with E-state index in [0.29, 0.717) is 16.9 Å². The molecule has 0 aliphatic carbocycles. The number of Topliss-reactive ketones (excluding diaryl/α,β-unsaturated/α-hetero) is 1. The summed E-state index contributed by atoms with van der Waals surface area (Å²) < 4.78 is 10.5. The topological polar surface area (TPSA) is 96.3 Å². The van der Waals surface area contributed by atoms with Crippen LogP contribution < -0.4 is 4.74 Å². The van der Waals surface area contributed by atoms with Crippen molar-refractivity contribution in [1.82, 2.24) is 4.90 Å². The van der Waals surface area contributed by atoms with E-state index in [1.54, 1.807) is 37.4 Å². The van der Waals surface area contributed by atoms with Gasteiger partial charge in [0.1, 0.15) is 17.3 Å². The van der Waals surface area contributed by atoms with Crippen LogP contribution in [0.4, 0.5) is 0 Å². The number of aliphatic hydroxyl groups excluding tert-OH is 1. The summed E-state index contributed by atoms with van der Waals surface area (Å²) in [4.78, 5) is 27.1. The second-order valence-electron chi connectivity index (χ2n) is 7.69. The van der Waals surface area contributed by atoms with Crippen molar-refractivity contribution in [1.29, 1.82) is 0 Å². The molecule has 0 saturated carbocycles. The van der Waals surface area contributed by atoms with Crippen LogP contribution in [0.2, 0.25) is 0 Å². The van der Waals surface area contributed by atoms with Gasteiger partial charge in [-0.2, -0.15) is 0 Å². The highest BCUT2D eigenvalue weighted by atomic mass is 16.5. The maximum Gasteiger partial charge on any atom is 0.295 e. The van der Waals surface area contributed by atoms with Gasteiger partial charge in [-0.05, 0) is 47.4 Å². The second-order valence-corrected chi connectivity index (χ2v) is 7.69. The molecule has 1 aliphatic heterocycles. The fraction of sp³-hybridized carbons (Fsp3) is 0.333. The van der Waals surface area contributed by atoms with Gasteiger partial charge in [0.2, 0.25) is 0 Å². The largest absolute Gasteiger partial charge is 0.508 e. The molecule has 3 rings (SSSR count). The summed E-state index contributed by atoms with van der Waals surface area (Å²) in [5, 5.41) is 20.8. The van der Waals surface area contributed by atoms with E-state index in [-0.39, 0.29) is 36.2 Å². The summed E-state index contributed by atoms with van der Waals surface area (Å²) in [5.41, 5.74) is 1.92. The Bertz CT molecular complexity index is 1010. The molecular formula is C24H27NO6. The molecule has 0 bridgehead atoms. The fourth-order valence-electron chi connectivity index (χ4n) is 3.79. The summed E-state index contributed by atoms with van der Waals surface area (Å²) >= 11 is 0. The molecule has 7 nitrogen and oxygen atoms in total. The van der Waals surface area contributed by atoms with Gasteiger partial charge < -0.3 is 24.6 Å². The molecule has 0 radical (unpaired) electrons. The standard InChI is InChI=1S/C24H27NO6/c1-14(2)18-13-16(7-10-19(18)31-4)22(27)20-21(15-5-8-17(26)9-6-15)25(11-12-30-3)24(29)23(20)28/h5-10,13-14,21,26-27H,11-12H2,1-4H3/b22-20-. The van der Waals surface area contributed by atoms with Crippen molar-refractivity contribution >= 4 is 17.4 Å². The van der Waals surface area contributed by atoms with Crippen molar-refractivity contribution in [2.45, 2.75) is 25.8 Å². The first-order valence-corrected chi connectivity index (χ1v) is 10.0. The number of aliphatic hydroxyl groups is 1. The van der Waals surface area contributed by atoms with Crippen molar-refractivity contribution in [3.8, 4) is 11.5 Å². The Morgan fingerprint density at radius 1 is 1.10 bits per heavy atom. The number of benzene rings is 2. The van der Waals surface area contributed by atoms with Crippen LogP contribution >= 0.6 is 0 Å². The van der Waals surface area contributed by atoms with E-state index in [1.807, 2.05) is 13.8 Å². The first kappa shape index (κ1) is 22.4. The molecule has 31 heavy (non-hydrogen) atoms. The van der Waals surface area contributed by atoms with Gasteiger partial charge in [0.05, 0.1) is 25.3 Å². The molecule has 1 atom stereocenters. The van der Waals surface area contributed by atoms with E-state index >= 15 is 0 Å². The number of ketones is 1. The molecule has 164 valence electrons. The zero-order chi connectivity index (χ0) is 22.7.